The lowest BCUT2D eigenvalue weighted by Crippen LogP contribution is -2.51. The van der Waals surface area contributed by atoms with Gasteiger partial charge in [-0.2, -0.15) is 5.10 Å². The zero-order valence-electron chi connectivity index (χ0n) is 21.1. The zero-order valence-corrected chi connectivity index (χ0v) is 22.7. The third-order valence-corrected chi connectivity index (χ3v) is 8.59. The molecule has 6 rings (SSSR count). The normalized spacial score (nSPS) is 19.4. The molecule has 12 heteroatoms. The molecule has 0 radical (unpaired) electrons. The van der Waals surface area contributed by atoms with Gasteiger partial charge < -0.3 is 20.9 Å². The number of piperazine rings is 1. The highest BCUT2D eigenvalue weighted by Crippen LogP contribution is 2.42. The molecule has 3 N–H and O–H groups in total. The Labute approximate surface area is 227 Å². The maximum absolute atomic E-state index is 16.5. The van der Waals surface area contributed by atoms with Crippen LogP contribution in [0.3, 0.4) is 0 Å². The van der Waals surface area contributed by atoms with Crippen LogP contribution in [-0.4, -0.2) is 65.5 Å². The number of nitrogens with zero attached hydrogens (tertiary/aromatic N) is 5. The lowest BCUT2D eigenvalue weighted by atomic mass is 9.99. The molecule has 4 aromatic rings. The van der Waals surface area contributed by atoms with E-state index in [1.807, 2.05) is 19.0 Å². The van der Waals surface area contributed by atoms with Crippen molar-refractivity contribution in [2.45, 2.75) is 37.9 Å². The van der Waals surface area contributed by atoms with Crippen molar-refractivity contribution in [3.05, 3.63) is 45.2 Å². The van der Waals surface area contributed by atoms with E-state index < -0.39 is 17.2 Å². The molecule has 2 unspecified atom stereocenters. The van der Waals surface area contributed by atoms with E-state index in [2.05, 4.69) is 15.2 Å². The van der Waals surface area contributed by atoms with Crippen LogP contribution in [0.4, 0.5) is 19.7 Å². The van der Waals surface area contributed by atoms with Gasteiger partial charge in [0.05, 0.1) is 20.6 Å². The molecule has 2 aliphatic rings. The van der Waals surface area contributed by atoms with Crippen LogP contribution in [0.5, 0.6) is 0 Å². The molecule has 2 bridgehead atoms. The number of halogens is 3. The van der Waals surface area contributed by atoms with Gasteiger partial charge in [-0.3, -0.25) is 4.79 Å². The van der Waals surface area contributed by atoms with Gasteiger partial charge in [0, 0.05) is 48.2 Å². The van der Waals surface area contributed by atoms with Crippen LogP contribution in [0, 0.1) is 11.6 Å². The Morgan fingerprint density at radius 1 is 1.24 bits per heavy atom. The average Bonchev–Trinajstić information content (AvgIpc) is 3.42. The van der Waals surface area contributed by atoms with Crippen LogP contribution in [0.25, 0.3) is 32.1 Å². The third kappa shape index (κ3) is 4.31. The van der Waals surface area contributed by atoms with Crippen molar-refractivity contribution in [2.75, 3.05) is 44.4 Å². The standard InChI is InChI=1S/C26H28ClF2N7OS/c1-34(2)8-3-9-36-25(37)20-16(24(33-36)35-11-13-4-5-14(12-35)31-13)10-17(27)19(21(20)29)15-6-7-18(28)23-22(15)32-26(30)38-23/h6-7,10,13-14,31H,3-5,8-9,11-12H2,1-2H3,(H2,30,32). The molecule has 200 valence electrons. The SMILES string of the molecule is CN(C)CCCn1nc(N2CC3CCC(C2)N3)c2cc(Cl)c(-c3ccc(F)c4sc(N)nc34)c(F)c2c1=O. The summed E-state index contributed by atoms with van der Waals surface area (Å²) in [6.45, 7) is 2.53. The summed E-state index contributed by atoms with van der Waals surface area (Å²) in [5, 5.41) is 8.90. The Hall–Kier alpha value is -2.86. The van der Waals surface area contributed by atoms with Gasteiger partial charge in [0.1, 0.15) is 11.6 Å². The molecule has 0 amide bonds. The summed E-state index contributed by atoms with van der Waals surface area (Å²) in [6, 6.07) is 4.92. The fraction of sp³-hybridized carbons (Fsp3) is 0.423. The smallest absolute Gasteiger partial charge is 0.277 e. The molecule has 0 aliphatic carbocycles. The molecule has 2 aliphatic heterocycles. The highest BCUT2D eigenvalue weighted by molar-refractivity contribution is 7.22. The number of nitrogens with one attached hydrogen (secondary N) is 1. The summed E-state index contributed by atoms with van der Waals surface area (Å²) < 4.78 is 32.6. The highest BCUT2D eigenvalue weighted by atomic mass is 35.5. The third-order valence-electron chi connectivity index (χ3n) is 7.40. The van der Waals surface area contributed by atoms with Crippen molar-refractivity contribution in [1.82, 2.24) is 25.0 Å². The van der Waals surface area contributed by atoms with E-state index in [0.717, 1.165) is 30.7 Å². The minimum absolute atomic E-state index is 0.00365. The molecule has 2 aromatic carbocycles. The van der Waals surface area contributed by atoms with Crippen molar-refractivity contribution in [3.63, 3.8) is 0 Å². The maximum atomic E-state index is 16.5. The second kappa shape index (κ2) is 9.71. The molecular weight excluding hydrogens is 532 g/mol. The molecule has 38 heavy (non-hydrogen) atoms. The predicted octanol–water partition coefficient (Wildman–Crippen LogP) is 4.08. The highest BCUT2D eigenvalue weighted by Gasteiger charge is 2.34. The van der Waals surface area contributed by atoms with Gasteiger partial charge in [-0.1, -0.05) is 22.9 Å². The van der Waals surface area contributed by atoms with Gasteiger partial charge in [-0.15, -0.1) is 0 Å². The number of nitrogens with two attached hydrogens (primary N) is 1. The summed E-state index contributed by atoms with van der Waals surface area (Å²) >= 11 is 7.70. The number of fused-ring (bicyclic) bond motifs is 4. The van der Waals surface area contributed by atoms with E-state index in [1.165, 1.54) is 16.8 Å². The van der Waals surface area contributed by atoms with Crippen molar-refractivity contribution in [1.29, 1.82) is 0 Å². The number of thiazole rings is 1. The second-order valence-corrected chi connectivity index (χ2v) is 11.8. The van der Waals surface area contributed by atoms with E-state index in [4.69, 9.17) is 22.4 Å². The Morgan fingerprint density at radius 2 is 1.97 bits per heavy atom. The number of benzene rings is 2. The van der Waals surface area contributed by atoms with E-state index >= 15 is 4.39 Å². The molecule has 0 spiro atoms. The number of aromatic nitrogens is 3. The van der Waals surface area contributed by atoms with Crippen LogP contribution in [0.15, 0.2) is 23.0 Å². The number of hydrogen-bond acceptors (Lipinski definition) is 8. The Kier molecular flexibility index (Phi) is 6.50. The Morgan fingerprint density at radius 3 is 2.68 bits per heavy atom. The lowest BCUT2D eigenvalue weighted by Gasteiger charge is -2.34. The molecule has 2 fully saturated rings. The summed E-state index contributed by atoms with van der Waals surface area (Å²) in [5.41, 5.74) is 5.84. The molecule has 0 saturated carbocycles. The van der Waals surface area contributed by atoms with Gasteiger partial charge in [-0.05, 0) is 58.1 Å². The summed E-state index contributed by atoms with van der Waals surface area (Å²) in [6.07, 6.45) is 2.81. The van der Waals surface area contributed by atoms with Crippen molar-refractivity contribution >= 4 is 54.9 Å². The number of rotatable bonds is 6. The predicted molar refractivity (Wildman–Crippen MR) is 149 cm³/mol. The monoisotopic (exact) mass is 559 g/mol. The van der Waals surface area contributed by atoms with E-state index in [9.17, 15) is 9.18 Å². The molecule has 2 atom stereocenters. The zero-order chi connectivity index (χ0) is 26.7. The molecule has 8 nitrogen and oxygen atoms in total. The van der Waals surface area contributed by atoms with Gasteiger partial charge in [0.15, 0.2) is 10.9 Å². The Balaban J connectivity index is 1.58. The van der Waals surface area contributed by atoms with Gasteiger partial charge in [-0.25, -0.2) is 18.4 Å². The largest absolute Gasteiger partial charge is 0.375 e. The van der Waals surface area contributed by atoms with Crippen LogP contribution in [-0.2, 0) is 6.54 Å². The van der Waals surface area contributed by atoms with Gasteiger partial charge in [0.25, 0.3) is 5.56 Å². The minimum atomic E-state index is -0.764. The van der Waals surface area contributed by atoms with Crippen LogP contribution >= 0.6 is 22.9 Å². The van der Waals surface area contributed by atoms with Crippen LogP contribution in [0.1, 0.15) is 19.3 Å². The van der Waals surface area contributed by atoms with Crippen molar-refractivity contribution < 1.29 is 8.78 Å². The van der Waals surface area contributed by atoms with Crippen LogP contribution in [0.2, 0.25) is 5.02 Å². The number of nitrogen functional groups attached to an aromatic ring is 1. The number of aryl methyl sites for hydroxylation is 1. The first kappa shape index (κ1) is 25.4. The van der Waals surface area contributed by atoms with Gasteiger partial charge in [0.2, 0.25) is 0 Å². The van der Waals surface area contributed by atoms with E-state index in [0.29, 0.717) is 49.3 Å². The summed E-state index contributed by atoms with van der Waals surface area (Å²) in [5.74, 6) is -0.712. The molecule has 4 heterocycles. The molecule has 2 aromatic heterocycles. The van der Waals surface area contributed by atoms with Crippen LogP contribution < -0.4 is 21.5 Å². The first-order valence-electron chi connectivity index (χ1n) is 12.6. The van der Waals surface area contributed by atoms with E-state index in [-0.39, 0.29) is 36.9 Å². The Bertz CT molecular complexity index is 1610. The first-order valence-corrected chi connectivity index (χ1v) is 13.8. The quantitative estimate of drug-likeness (QED) is 0.368. The fourth-order valence-electron chi connectivity index (χ4n) is 5.68. The topological polar surface area (TPSA) is 92.3 Å². The molecule has 2 saturated heterocycles. The van der Waals surface area contributed by atoms with E-state index in [1.54, 1.807) is 6.07 Å². The lowest BCUT2D eigenvalue weighted by molar-refractivity contribution is 0.377. The number of anilines is 2. The van der Waals surface area contributed by atoms with Gasteiger partial charge >= 0.3 is 0 Å². The first-order chi connectivity index (χ1) is 18.2. The molecular formula is C26H28ClF2N7OS. The fourth-order valence-corrected chi connectivity index (χ4v) is 6.74. The summed E-state index contributed by atoms with van der Waals surface area (Å²) in [7, 11) is 3.92. The summed E-state index contributed by atoms with van der Waals surface area (Å²) in [4.78, 5) is 22.1. The minimum Gasteiger partial charge on any atom is -0.375 e. The maximum Gasteiger partial charge on any atom is 0.277 e. The average molecular weight is 560 g/mol. The van der Waals surface area contributed by atoms with Crippen molar-refractivity contribution in [2.24, 2.45) is 0 Å². The second-order valence-electron chi connectivity index (χ2n) is 10.3. The number of hydrogen-bond donors (Lipinski definition) is 2. The van der Waals surface area contributed by atoms with Crippen molar-refractivity contribution in [3.8, 4) is 11.1 Å².